The van der Waals surface area contributed by atoms with E-state index in [2.05, 4.69) is 0 Å². The molecule has 2 atom stereocenters. The molecule has 1 aliphatic heterocycles. The Morgan fingerprint density at radius 3 is 2.45 bits per heavy atom. The number of rotatable bonds is 5. The summed E-state index contributed by atoms with van der Waals surface area (Å²) in [5.41, 5.74) is 0.587. The fourth-order valence-corrected chi connectivity index (χ4v) is 3.30. The molecular weight excluding hydrogens is 282 g/mol. The Hall–Kier alpha value is -2.04. The largest absolute Gasteiger partial charge is 0.494 e. The van der Waals surface area contributed by atoms with Crippen molar-refractivity contribution in [3.8, 4) is 5.75 Å². The summed E-state index contributed by atoms with van der Waals surface area (Å²) in [6.07, 6.45) is 2.19. The Kier molecular flexibility index (Phi) is 4.05. The predicted molar refractivity (Wildman–Crippen MR) is 80.9 cm³/mol. The van der Waals surface area contributed by atoms with E-state index in [0.29, 0.717) is 31.2 Å². The second-order valence-corrected chi connectivity index (χ2v) is 6.11. The van der Waals surface area contributed by atoms with Crippen LogP contribution < -0.4 is 4.74 Å². The maximum Gasteiger partial charge on any atom is 0.308 e. The van der Waals surface area contributed by atoms with Gasteiger partial charge < -0.3 is 14.7 Å². The van der Waals surface area contributed by atoms with E-state index in [9.17, 15) is 14.7 Å². The molecule has 1 saturated heterocycles. The van der Waals surface area contributed by atoms with Crippen molar-refractivity contribution in [1.82, 2.24) is 4.90 Å². The molecule has 0 spiro atoms. The van der Waals surface area contributed by atoms with Gasteiger partial charge in [-0.05, 0) is 55.9 Å². The van der Waals surface area contributed by atoms with Crippen LogP contribution >= 0.6 is 0 Å². The lowest BCUT2D eigenvalue weighted by Gasteiger charge is -2.16. The highest BCUT2D eigenvalue weighted by atomic mass is 16.5. The zero-order valence-corrected chi connectivity index (χ0v) is 12.7. The normalized spacial score (nSPS) is 24.3. The third-order valence-electron chi connectivity index (χ3n) is 4.61. The molecule has 1 aliphatic carbocycles. The molecule has 5 heteroatoms. The molecular formula is C17H21NO4. The van der Waals surface area contributed by atoms with Gasteiger partial charge >= 0.3 is 5.97 Å². The lowest BCUT2D eigenvalue weighted by molar-refractivity contribution is -0.142. The van der Waals surface area contributed by atoms with Gasteiger partial charge in [0.15, 0.2) is 0 Å². The van der Waals surface area contributed by atoms with Crippen LogP contribution in [0.25, 0.3) is 0 Å². The van der Waals surface area contributed by atoms with E-state index in [0.717, 1.165) is 18.6 Å². The lowest BCUT2D eigenvalue weighted by atomic mass is 9.92. The zero-order valence-electron chi connectivity index (χ0n) is 12.7. The number of carbonyl (C=O) groups is 2. The van der Waals surface area contributed by atoms with Gasteiger partial charge in [0, 0.05) is 18.7 Å². The summed E-state index contributed by atoms with van der Waals surface area (Å²) in [6, 6.07) is 7.04. The number of benzene rings is 1. The molecule has 2 fully saturated rings. The van der Waals surface area contributed by atoms with Crippen LogP contribution in [-0.2, 0) is 4.79 Å². The molecule has 1 aromatic carbocycles. The van der Waals surface area contributed by atoms with Crippen LogP contribution in [0.5, 0.6) is 5.75 Å². The summed E-state index contributed by atoms with van der Waals surface area (Å²) in [5.74, 6) is 0.0543. The SMILES string of the molecule is CCOc1ccc(C(=O)N2C[C@H](C(=O)O)[C@@H](C3CC3)C2)cc1. The van der Waals surface area contributed by atoms with Gasteiger partial charge in [0.25, 0.3) is 5.91 Å². The molecule has 1 N–H and O–H groups in total. The van der Waals surface area contributed by atoms with Gasteiger partial charge in [0.05, 0.1) is 12.5 Å². The fraction of sp³-hybridized carbons (Fsp3) is 0.529. The number of carbonyl (C=O) groups excluding carboxylic acids is 1. The third-order valence-corrected chi connectivity index (χ3v) is 4.61. The molecule has 5 nitrogen and oxygen atoms in total. The van der Waals surface area contributed by atoms with Crippen LogP contribution in [0.1, 0.15) is 30.1 Å². The average Bonchev–Trinajstić information content (AvgIpc) is 3.26. The minimum absolute atomic E-state index is 0.0857. The van der Waals surface area contributed by atoms with Crippen LogP contribution in [-0.4, -0.2) is 41.6 Å². The molecule has 0 aromatic heterocycles. The maximum atomic E-state index is 12.6. The molecule has 1 aromatic rings. The Morgan fingerprint density at radius 1 is 1.23 bits per heavy atom. The quantitative estimate of drug-likeness (QED) is 0.906. The summed E-state index contributed by atoms with van der Waals surface area (Å²) >= 11 is 0. The van der Waals surface area contributed by atoms with Gasteiger partial charge in [0.1, 0.15) is 5.75 Å². The van der Waals surface area contributed by atoms with E-state index in [-0.39, 0.29) is 11.8 Å². The molecule has 0 radical (unpaired) electrons. The molecule has 1 amide bonds. The summed E-state index contributed by atoms with van der Waals surface area (Å²) in [5, 5.41) is 9.37. The van der Waals surface area contributed by atoms with E-state index in [1.165, 1.54) is 0 Å². The van der Waals surface area contributed by atoms with Crippen molar-refractivity contribution < 1.29 is 19.4 Å². The molecule has 0 bridgehead atoms. The summed E-state index contributed by atoms with van der Waals surface area (Å²) in [6.45, 7) is 3.38. The Bertz CT molecular complexity index is 565. The topological polar surface area (TPSA) is 66.8 Å². The van der Waals surface area contributed by atoms with Crippen LogP contribution in [0.2, 0.25) is 0 Å². The monoisotopic (exact) mass is 303 g/mol. The van der Waals surface area contributed by atoms with Gasteiger partial charge in [-0.2, -0.15) is 0 Å². The smallest absolute Gasteiger partial charge is 0.308 e. The highest BCUT2D eigenvalue weighted by Gasteiger charge is 2.46. The molecule has 22 heavy (non-hydrogen) atoms. The predicted octanol–water partition coefficient (Wildman–Crippen LogP) is 2.27. The Morgan fingerprint density at radius 2 is 1.91 bits per heavy atom. The number of ether oxygens (including phenoxy) is 1. The summed E-state index contributed by atoms with van der Waals surface area (Å²) in [4.78, 5) is 25.7. The lowest BCUT2D eigenvalue weighted by Crippen LogP contribution is -2.29. The minimum Gasteiger partial charge on any atom is -0.494 e. The Balaban J connectivity index is 1.70. The zero-order chi connectivity index (χ0) is 15.7. The molecule has 1 heterocycles. The summed E-state index contributed by atoms with van der Waals surface area (Å²) in [7, 11) is 0. The number of aliphatic carboxylic acids is 1. The molecule has 2 aliphatic rings. The number of likely N-dealkylation sites (tertiary alicyclic amines) is 1. The van der Waals surface area contributed by atoms with Crippen LogP contribution in [0.3, 0.4) is 0 Å². The van der Waals surface area contributed by atoms with E-state index in [1.54, 1.807) is 29.2 Å². The van der Waals surface area contributed by atoms with Crippen LogP contribution in [0.15, 0.2) is 24.3 Å². The van der Waals surface area contributed by atoms with Gasteiger partial charge in [0.2, 0.25) is 0 Å². The standard InChI is InChI=1S/C17H21NO4/c1-2-22-13-7-5-12(6-8-13)16(19)18-9-14(11-3-4-11)15(10-18)17(20)21/h5-8,11,14-15H,2-4,9-10H2,1H3,(H,20,21)/t14-,15+/m1/s1. The van der Waals surface area contributed by atoms with Gasteiger partial charge in [-0.15, -0.1) is 0 Å². The number of amides is 1. The van der Waals surface area contributed by atoms with E-state index >= 15 is 0 Å². The number of carboxylic acid groups (broad SMARTS) is 1. The number of carboxylic acids is 1. The molecule has 0 unspecified atom stereocenters. The molecule has 3 rings (SSSR count). The van der Waals surface area contributed by atoms with Crippen LogP contribution in [0, 0.1) is 17.8 Å². The minimum atomic E-state index is -0.779. The second kappa shape index (κ2) is 5.99. The van der Waals surface area contributed by atoms with Gasteiger partial charge in [-0.3, -0.25) is 9.59 Å². The van der Waals surface area contributed by atoms with Crippen molar-refractivity contribution in [3.05, 3.63) is 29.8 Å². The first kappa shape index (κ1) is 14.9. The number of hydrogen-bond acceptors (Lipinski definition) is 3. The van der Waals surface area contributed by atoms with Gasteiger partial charge in [-0.1, -0.05) is 0 Å². The van der Waals surface area contributed by atoms with Gasteiger partial charge in [-0.25, -0.2) is 0 Å². The first-order valence-corrected chi connectivity index (χ1v) is 7.85. The number of nitrogens with zero attached hydrogens (tertiary/aromatic N) is 1. The van der Waals surface area contributed by atoms with Crippen molar-refractivity contribution in [1.29, 1.82) is 0 Å². The van der Waals surface area contributed by atoms with Crippen molar-refractivity contribution in [2.45, 2.75) is 19.8 Å². The fourth-order valence-electron chi connectivity index (χ4n) is 3.30. The summed E-state index contributed by atoms with van der Waals surface area (Å²) < 4.78 is 5.37. The third kappa shape index (κ3) is 2.93. The van der Waals surface area contributed by atoms with E-state index in [1.807, 2.05) is 6.92 Å². The molecule has 118 valence electrons. The molecule has 1 saturated carbocycles. The van der Waals surface area contributed by atoms with E-state index < -0.39 is 11.9 Å². The average molecular weight is 303 g/mol. The first-order valence-electron chi connectivity index (χ1n) is 7.85. The van der Waals surface area contributed by atoms with Crippen LogP contribution in [0.4, 0.5) is 0 Å². The highest BCUT2D eigenvalue weighted by molar-refractivity contribution is 5.95. The highest BCUT2D eigenvalue weighted by Crippen LogP contribution is 2.44. The number of hydrogen-bond donors (Lipinski definition) is 1. The van der Waals surface area contributed by atoms with Crippen molar-refractivity contribution >= 4 is 11.9 Å². The maximum absolute atomic E-state index is 12.6. The first-order chi connectivity index (χ1) is 10.6. The van der Waals surface area contributed by atoms with Crippen molar-refractivity contribution in [2.75, 3.05) is 19.7 Å². The van der Waals surface area contributed by atoms with Crippen molar-refractivity contribution in [3.63, 3.8) is 0 Å². The Labute approximate surface area is 129 Å². The van der Waals surface area contributed by atoms with E-state index in [4.69, 9.17) is 4.74 Å². The second-order valence-electron chi connectivity index (χ2n) is 6.11. The van der Waals surface area contributed by atoms with Crippen molar-refractivity contribution in [2.24, 2.45) is 17.8 Å².